The van der Waals surface area contributed by atoms with Crippen LogP contribution in [0.5, 0.6) is 0 Å². The minimum atomic E-state index is -0.373. The lowest BCUT2D eigenvalue weighted by molar-refractivity contribution is -0.124. The first kappa shape index (κ1) is 20.3. The lowest BCUT2D eigenvalue weighted by Crippen LogP contribution is -2.52. The summed E-state index contributed by atoms with van der Waals surface area (Å²) in [6.45, 7) is 1.49. The van der Waals surface area contributed by atoms with Crippen LogP contribution in [-0.2, 0) is 15.0 Å². The molecule has 0 radical (unpaired) electrons. The van der Waals surface area contributed by atoms with Gasteiger partial charge in [-0.3, -0.25) is 9.59 Å². The summed E-state index contributed by atoms with van der Waals surface area (Å²) in [5.74, 6) is 1.01. The predicted octanol–water partition coefficient (Wildman–Crippen LogP) is 4.04. The number of nitrogens with one attached hydrogen (secondary N) is 2. The molecule has 2 N–H and O–H groups in total. The Balaban J connectivity index is 1.24. The average molecular weight is 439 g/mol. The summed E-state index contributed by atoms with van der Waals surface area (Å²) in [6.07, 6.45) is 7.63. The van der Waals surface area contributed by atoms with Crippen LogP contribution in [0.3, 0.4) is 0 Å². The first-order chi connectivity index (χ1) is 14.9. The molecule has 3 heterocycles. The first-order valence-corrected chi connectivity index (χ1v) is 11.4. The Hall–Kier alpha value is -2.60. The fourth-order valence-corrected chi connectivity index (χ4v) is 5.48. The number of aromatic nitrogens is 1. The Bertz CT molecular complexity index is 974. The van der Waals surface area contributed by atoms with Crippen molar-refractivity contribution in [2.75, 3.05) is 10.2 Å². The average Bonchev–Trinajstić information content (AvgIpc) is 3.50. The van der Waals surface area contributed by atoms with Crippen molar-refractivity contribution in [2.45, 2.75) is 69.0 Å². The number of anilines is 2. The molecule has 2 bridgehead atoms. The van der Waals surface area contributed by atoms with E-state index in [0.29, 0.717) is 22.8 Å². The number of carbonyl (C=O) groups excluding carboxylic acids is 2. The van der Waals surface area contributed by atoms with E-state index in [4.69, 9.17) is 11.6 Å². The lowest BCUT2D eigenvalue weighted by Gasteiger charge is -2.40. The van der Waals surface area contributed by atoms with Crippen LogP contribution >= 0.6 is 11.6 Å². The van der Waals surface area contributed by atoms with Crippen molar-refractivity contribution in [1.29, 1.82) is 0 Å². The number of fused-ring (bicyclic) bond motifs is 2. The number of benzene rings is 1. The van der Waals surface area contributed by atoms with Crippen molar-refractivity contribution in [1.82, 2.24) is 10.3 Å². The highest BCUT2D eigenvalue weighted by Gasteiger charge is 2.52. The van der Waals surface area contributed by atoms with Crippen molar-refractivity contribution in [3.05, 3.63) is 53.2 Å². The number of carbonyl (C=O) groups is 2. The number of pyridine rings is 1. The third-order valence-corrected chi connectivity index (χ3v) is 7.23. The van der Waals surface area contributed by atoms with E-state index in [9.17, 15) is 9.59 Å². The zero-order valence-electron chi connectivity index (χ0n) is 17.6. The van der Waals surface area contributed by atoms with Crippen molar-refractivity contribution < 1.29 is 9.59 Å². The zero-order chi connectivity index (χ0) is 21.6. The van der Waals surface area contributed by atoms with E-state index >= 15 is 0 Å². The number of hydrogen-bond acceptors (Lipinski definition) is 4. The molecule has 3 aliphatic rings. The first-order valence-electron chi connectivity index (χ1n) is 11.0. The van der Waals surface area contributed by atoms with Crippen LogP contribution in [0.1, 0.15) is 51.0 Å². The summed E-state index contributed by atoms with van der Waals surface area (Å²) in [6, 6.07) is 12.6. The van der Waals surface area contributed by atoms with Gasteiger partial charge in [-0.25, -0.2) is 4.98 Å². The minimum Gasteiger partial charge on any atom is -0.352 e. The summed E-state index contributed by atoms with van der Waals surface area (Å²) in [5, 5.41) is 6.83. The number of halogens is 1. The Labute approximate surface area is 187 Å². The summed E-state index contributed by atoms with van der Waals surface area (Å²) < 4.78 is 0. The second-order valence-corrected chi connectivity index (χ2v) is 9.55. The Morgan fingerprint density at radius 2 is 1.74 bits per heavy atom. The molecule has 7 heteroatoms. The molecule has 5 rings (SSSR count). The van der Waals surface area contributed by atoms with E-state index in [-0.39, 0.29) is 23.3 Å². The maximum absolute atomic E-state index is 13.2. The lowest BCUT2D eigenvalue weighted by atomic mass is 9.92. The molecular weight excluding hydrogens is 412 g/mol. The molecule has 0 spiro atoms. The topological polar surface area (TPSA) is 74.3 Å². The van der Waals surface area contributed by atoms with Gasteiger partial charge in [0.1, 0.15) is 5.82 Å². The van der Waals surface area contributed by atoms with Crippen molar-refractivity contribution >= 4 is 34.9 Å². The molecule has 1 aromatic carbocycles. The second-order valence-electron chi connectivity index (χ2n) is 9.11. The van der Waals surface area contributed by atoms with E-state index in [2.05, 4.69) is 20.5 Å². The fourth-order valence-electron chi connectivity index (χ4n) is 5.35. The van der Waals surface area contributed by atoms with Crippen LogP contribution in [0.2, 0.25) is 5.02 Å². The largest absolute Gasteiger partial charge is 0.352 e. The van der Waals surface area contributed by atoms with E-state index in [1.165, 1.54) is 6.92 Å². The van der Waals surface area contributed by atoms with Crippen LogP contribution < -0.4 is 15.5 Å². The summed E-state index contributed by atoms with van der Waals surface area (Å²) in [7, 11) is 0. The van der Waals surface area contributed by atoms with Gasteiger partial charge in [0.25, 0.3) is 0 Å². The second kappa shape index (κ2) is 7.83. The number of hydrogen-bond donors (Lipinski definition) is 2. The van der Waals surface area contributed by atoms with Gasteiger partial charge in [-0.15, -0.1) is 0 Å². The normalized spacial score (nSPS) is 25.7. The van der Waals surface area contributed by atoms with Crippen LogP contribution in [0.15, 0.2) is 42.6 Å². The van der Waals surface area contributed by atoms with Gasteiger partial charge in [-0.1, -0.05) is 23.7 Å². The smallest absolute Gasteiger partial charge is 0.230 e. The standard InChI is InChI=1S/C24H27ClN4O2/c1-15(30)27-18-6-9-22(26-14-18)29-20-7-8-21(29)13-19(12-20)28-23(31)24(10-11-24)16-2-4-17(25)5-3-16/h2-6,9,14,19-21H,7-8,10-13H2,1H3,(H,27,30)(H,28,31). The van der Waals surface area contributed by atoms with E-state index in [1.807, 2.05) is 36.4 Å². The van der Waals surface area contributed by atoms with Crippen LogP contribution in [-0.4, -0.2) is 34.9 Å². The fraction of sp³-hybridized carbons (Fsp3) is 0.458. The van der Waals surface area contributed by atoms with E-state index < -0.39 is 0 Å². The third-order valence-electron chi connectivity index (χ3n) is 6.98. The molecule has 6 nitrogen and oxygen atoms in total. The van der Waals surface area contributed by atoms with E-state index in [1.54, 1.807) is 6.20 Å². The Morgan fingerprint density at radius 3 is 2.29 bits per heavy atom. The van der Waals surface area contributed by atoms with E-state index in [0.717, 1.165) is 49.9 Å². The van der Waals surface area contributed by atoms with Gasteiger partial charge in [0.05, 0.1) is 17.3 Å². The molecule has 3 fully saturated rings. The van der Waals surface area contributed by atoms with Crippen molar-refractivity contribution in [2.24, 2.45) is 0 Å². The maximum atomic E-state index is 13.2. The molecule has 2 amide bonds. The Morgan fingerprint density at radius 1 is 1.06 bits per heavy atom. The molecule has 1 aliphatic carbocycles. The van der Waals surface area contributed by atoms with Gasteiger partial charge < -0.3 is 15.5 Å². The molecular formula is C24H27ClN4O2. The zero-order valence-corrected chi connectivity index (χ0v) is 18.4. The summed E-state index contributed by atoms with van der Waals surface area (Å²) in [5.41, 5.74) is 1.41. The van der Waals surface area contributed by atoms with Crippen LogP contribution in [0, 0.1) is 0 Å². The highest BCUT2D eigenvalue weighted by Crippen LogP contribution is 2.49. The van der Waals surface area contributed by atoms with Crippen molar-refractivity contribution in [3.63, 3.8) is 0 Å². The minimum absolute atomic E-state index is 0.0989. The molecule has 2 aliphatic heterocycles. The molecule has 2 saturated heterocycles. The monoisotopic (exact) mass is 438 g/mol. The molecule has 31 heavy (non-hydrogen) atoms. The van der Waals surface area contributed by atoms with Gasteiger partial charge in [0.15, 0.2) is 0 Å². The number of nitrogens with zero attached hydrogens (tertiary/aromatic N) is 2. The highest BCUT2D eigenvalue weighted by molar-refractivity contribution is 6.30. The van der Waals surface area contributed by atoms with Gasteiger partial charge in [-0.05, 0) is 68.4 Å². The van der Waals surface area contributed by atoms with Gasteiger partial charge in [0, 0.05) is 30.1 Å². The van der Waals surface area contributed by atoms with Gasteiger partial charge in [-0.2, -0.15) is 0 Å². The van der Waals surface area contributed by atoms with Crippen LogP contribution in [0.4, 0.5) is 11.5 Å². The SMILES string of the molecule is CC(=O)Nc1ccc(N2C3CCC2CC(NC(=O)C2(c4ccc(Cl)cc4)CC2)C3)nc1. The summed E-state index contributed by atoms with van der Waals surface area (Å²) in [4.78, 5) is 31.4. The third kappa shape index (κ3) is 3.89. The molecule has 2 aromatic rings. The number of rotatable bonds is 5. The Kier molecular flexibility index (Phi) is 5.13. The molecule has 2 atom stereocenters. The molecule has 1 saturated carbocycles. The highest BCUT2D eigenvalue weighted by atomic mass is 35.5. The maximum Gasteiger partial charge on any atom is 0.230 e. The quantitative estimate of drug-likeness (QED) is 0.738. The molecule has 1 aromatic heterocycles. The van der Waals surface area contributed by atoms with Gasteiger partial charge in [0.2, 0.25) is 11.8 Å². The summed E-state index contributed by atoms with van der Waals surface area (Å²) >= 11 is 6.02. The number of amides is 2. The van der Waals surface area contributed by atoms with Crippen molar-refractivity contribution in [3.8, 4) is 0 Å². The number of piperidine rings is 1. The predicted molar refractivity (Wildman–Crippen MR) is 121 cm³/mol. The van der Waals surface area contributed by atoms with Crippen LogP contribution in [0.25, 0.3) is 0 Å². The van der Waals surface area contributed by atoms with Gasteiger partial charge >= 0.3 is 0 Å². The molecule has 2 unspecified atom stereocenters. The molecule has 162 valence electrons.